The van der Waals surface area contributed by atoms with Crippen molar-refractivity contribution in [3.63, 3.8) is 0 Å². The highest BCUT2D eigenvalue weighted by molar-refractivity contribution is 5.60. The largest absolute Gasteiger partial charge is 0.391 e. The fourth-order valence-electron chi connectivity index (χ4n) is 2.30. The Morgan fingerprint density at radius 3 is 2.78 bits per heavy atom. The molecular weight excluding hydrogens is 244 g/mol. The van der Waals surface area contributed by atoms with Crippen LogP contribution in [0.25, 0.3) is 0 Å². The molecule has 6 N–H and O–H groups in total. The van der Waals surface area contributed by atoms with Crippen LogP contribution in [-0.2, 0) is 4.74 Å². The predicted molar refractivity (Wildman–Crippen MR) is 60.1 cm³/mol. The van der Waals surface area contributed by atoms with E-state index in [2.05, 4.69) is 5.32 Å². The molecule has 0 radical (unpaired) electrons. The van der Waals surface area contributed by atoms with Gasteiger partial charge in [0.2, 0.25) is 0 Å². The second-order valence-electron chi connectivity index (χ2n) is 4.32. The number of fused-ring (bicyclic) bond motifs is 4. The number of ether oxygens (including phenoxy) is 1. The second-order valence-corrected chi connectivity index (χ2v) is 4.32. The van der Waals surface area contributed by atoms with Crippen LogP contribution in [0.5, 0.6) is 0 Å². The van der Waals surface area contributed by atoms with E-state index in [0.717, 1.165) is 4.57 Å². The van der Waals surface area contributed by atoms with Crippen LogP contribution in [0.3, 0.4) is 0 Å². The molecule has 9 nitrogen and oxygen atoms in total. The Labute approximate surface area is 99.8 Å². The number of nitrogens with one attached hydrogen (secondary N) is 2. The van der Waals surface area contributed by atoms with E-state index in [4.69, 9.17) is 10.5 Å². The lowest BCUT2D eigenvalue weighted by molar-refractivity contribution is -0.0307. The molecule has 3 heterocycles. The van der Waals surface area contributed by atoms with Crippen molar-refractivity contribution in [1.82, 2.24) is 9.55 Å². The molecule has 3 rings (SSSR count). The molecule has 18 heavy (non-hydrogen) atoms. The first-order chi connectivity index (χ1) is 8.50. The van der Waals surface area contributed by atoms with Gasteiger partial charge in [-0.2, -0.15) is 0 Å². The van der Waals surface area contributed by atoms with Crippen molar-refractivity contribution in [3.8, 4) is 0 Å². The molecule has 0 amide bonds. The Kier molecular flexibility index (Phi) is 2.24. The standard InChI is InChI=1S/C9H12N4O5/c10-3-6-11-1-2-4(14)5(15)8(18-2)13(6)9(17)12-7(3)16/h2,4-5,8,11,14-15H,1,10H2,(H,12,16,17)/t2-,4?,5?,8-/m1/s1. The first-order valence-electron chi connectivity index (χ1n) is 5.40. The van der Waals surface area contributed by atoms with Crippen molar-refractivity contribution in [2.45, 2.75) is 24.5 Å². The molecule has 1 aromatic heterocycles. The minimum Gasteiger partial charge on any atom is -0.391 e. The molecule has 0 saturated carbocycles. The number of anilines is 2. The summed E-state index contributed by atoms with van der Waals surface area (Å²) in [5.74, 6) is 0.0993. The smallest absolute Gasteiger partial charge is 0.332 e. The fraction of sp³-hybridized carbons (Fsp3) is 0.556. The van der Waals surface area contributed by atoms with E-state index < -0.39 is 35.8 Å². The van der Waals surface area contributed by atoms with Crippen LogP contribution in [0.4, 0.5) is 11.5 Å². The first kappa shape index (κ1) is 11.3. The summed E-state index contributed by atoms with van der Waals surface area (Å²) in [7, 11) is 0. The number of nitrogens with two attached hydrogens (primary N) is 1. The van der Waals surface area contributed by atoms with Crippen molar-refractivity contribution < 1.29 is 14.9 Å². The monoisotopic (exact) mass is 256 g/mol. The number of H-pyrrole nitrogens is 1. The average molecular weight is 256 g/mol. The number of aromatic amines is 1. The molecule has 1 fully saturated rings. The average Bonchev–Trinajstić information content (AvgIpc) is 2.54. The number of nitrogens with zero attached hydrogens (tertiary/aromatic N) is 1. The van der Waals surface area contributed by atoms with Gasteiger partial charge < -0.3 is 26.0 Å². The molecule has 0 spiro atoms. The molecule has 98 valence electrons. The summed E-state index contributed by atoms with van der Waals surface area (Å²) < 4.78 is 6.38. The number of hydrogen-bond donors (Lipinski definition) is 5. The summed E-state index contributed by atoms with van der Waals surface area (Å²) >= 11 is 0. The number of aliphatic hydroxyl groups excluding tert-OH is 2. The van der Waals surface area contributed by atoms with Gasteiger partial charge in [0.1, 0.15) is 29.8 Å². The highest BCUT2D eigenvalue weighted by Gasteiger charge is 2.46. The Hall–Kier alpha value is -1.84. The van der Waals surface area contributed by atoms with E-state index in [9.17, 15) is 19.8 Å². The minimum absolute atomic E-state index is 0.0993. The van der Waals surface area contributed by atoms with Gasteiger partial charge in [-0.3, -0.25) is 9.78 Å². The van der Waals surface area contributed by atoms with Gasteiger partial charge in [0, 0.05) is 6.54 Å². The molecule has 2 aliphatic heterocycles. The molecular formula is C9H12N4O5. The van der Waals surface area contributed by atoms with E-state index in [1.54, 1.807) is 0 Å². The lowest BCUT2D eigenvalue weighted by Crippen LogP contribution is -2.42. The summed E-state index contributed by atoms with van der Waals surface area (Å²) in [5, 5.41) is 22.3. The molecule has 0 aromatic carbocycles. The van der Waals surface area contributed by atoms with Gasteiger partial charge in [-0.05, 0) is 0 Å². The third kappa shape index (κ3) is 1.32. The predicted octanol–water partition coefficient (Wildman–Crippen LogP) is -2.84. The van der Waals surface area contributed by atoms with Crippen LogP contribution < -0.4 is 22.3 Å². The van der Waals surface area contributed by atoms with Gasteiger partial charge in [-0.1, -0.05) is 0 Å². The molecule has 1 aromatic rings. The van der Waals surface area contributed by atoms with E-state index in [1.165, 1.54) is 0 Å². The number of rotatable bonds is 0. The van der Waals surface area contributed by atoms with Gasteiger partial charge in [0.25, 0.3) is 5.56 Å². The van der Waals surface area contributed by atoms with Gasteiger partial charge >= 0.3 is 5.69 Å². The van der Waals surface area contributed by atoms with Gasteiger partial charge in [-0.25, -0.2) is 9.36 Å². The second kappa shape index (κ2) is 3.57. The van der Waals surface area contributed by atoms with Crippen molar-refractivity contribution in [1.29, 1.82) is 0 Å². The minimum atomic E-state index is -1.25. The third-order valence-electron chi connectivity index (χ3n) is 3.24. The van der Waals surface area contributed by atoms with E-state index in [-0.39, 0.29) is 18.1 Å². The van der Waals surface area contributed by atoms with Crippen molar-refractivity contribution in [2.75, 3.05) is 17.6 Å². The van der Waals surface area contributed by atoms with Crippen LogP contribution >= 0.6 is 0 Å². The van der Waals surface area contributed by atoms with Crippen LogP contribution in [0.2, 0.25) is 0 Å². The van der Waals surface area contributed by atoms with Crippen molar-refractivity contribution in [3.05, 3.63) is 20.8 Å². The first-order valence-corrected chi connectivity index (χ1v) is 5.40. The van der Waals surface area contributed by atoms with Crippen molar-refractivity contribution >= 4 is 11.5 Å². The zero-order valence-electron chi connectivity index (χ0n) is 9.16. The molecule has 9 heteroatoms. The molecule has 2 aliphatic rings. The molecule has 1 saturated heterocycles. The Morgan fingerprint density at radius 2 is 2.06 bits per heavy atom. The number of aromatic nitrogens is 2. The summed E-state index contributed by atoms with van der Waals surface area (Å²) in [6.45, 7) is 0.141. The quantitative estimate of drug-likeness (QED) is 0.336. The van der Waals surface area contributed by atoms with Crippen LogP contribution in [0, 0.1) is 0 Å². The maximum Gasteiger partial charge on any atom is 0.332 e. The van der Waals surface area contributed by atoms with Crippen LogP contribution in [-0.4, -0.2) is 44.6 Å². The molecule has 4 atom stereocenters. The summed E-state index contributed by atoms with van der Waals surface area (Å²) in [5.41, 5.74) is 3.97. The van der Waals surface area contributed by atoms with E-state index in [1.807, 2.05) is 4.98 Å². The summed E-state index contributed by atoms with van der Waals surface area (Å²) in [4.78, 5) is 25.2. The van der Waals surface area contributed by atoms with Gasteiger partial charge in [0.15, 0.2) is 6.23 Å². The molecule has 2 bridgehead atoms. The number of nitrogen functional groups attached to an aromatic ring is 1. The Balaban J connectivity index is 2.25. The summed E-state index contributed by atoms with van der Waals surface area (Å²) in [6, 6.07) is 0. The lowest BCUT2D eigenvalue weighted by atomic mass is 10.1. The molecule has 2 unspecified atom stereocenters. The van der Waals surface area contributed by atoms with Crippen molar-refractivity contribution in [2.24, 2.45) is 0 Å². The fourth-order valence-corrected chi connectivity index (χ4v) is 2.30. The maximum absolute atomic E-state index is 11.8. The Bertz CT molecular complexity index is 608. The maximum atomic E-state index is 11.8. The highest BCUT2D eigenvalue weighted by atomic mass is 16.6. The number of aliphatic hydroxyl groups is 2. The molecule has 0 aliphatic carbocycles. The zero-order chi connectivity index (χ0) is 13.0. The van der Waals surface area contributed by atoms with E-state index in [0.29, 0.717) is 0 Å². The highest BCUT2D eigenvalue weighted by Crippen LogP contribution is 2.34. The number of hydrogen-bond acceptors (Lipinski definition) is 7. The normalized spacial score (nSPS) is 33.7. The third-order valence-corrected chi connectivity index (χ3v) is 3.24. The SMILES string of the molecule is Nc1c2n(c(=O)[nH]c1=O)[C@@H]1O[C@H](CN2)C(O)C1O. The van der Waals surface area contributed by atoms with Gasteiger partial charge in [-0.15, -0.1) is 0 Å². The summed E-state index contributed by atoms with van der Waals surface area (Å²) in [6.07, 6.45) is -4.09. The Morgan fingerprint density at radius 1 is 1.33 bits per heavy atom. The lowest BCUT2D eigenvalue weighted by Gasteiger charge is -2.22. The van der Waals surface area contributed by atoms with Gasteiger partial charge in [0.05, 0.1) is 0 Å². The van der Waals surface area contributed by atoms with E-state index >= 15 is 0 Å². The van der Waals surface area contributed by atoms with Crippen LogP contribution in [0.1, 0.15) is 6.23 Å². The topological polar surface area (TPSA) is 143 Å². The van der Waals surface area contributed by atoms with Crippen LogP contribution in [0.15, 0.2) is 9.59 Å². The zero-order valence-corrected chi connectivity index (χ0v) is 9.16.